The quantitative estimate of drug-likeness (QED) is 0.846. The highest BCUT2D eigenvalue weighted by molar-refractivity contribution is 9.10. The van der Waals surface area contributed by atoms with Gasteiger partial charge in [0, 0.05) is 30.1 Å². The van der Waals surface area contributed by atoms with Gasteiger partial charge in [-0.05, 0) is 61.2 Å². The first-order valence-corrected chi connectivity index (χ1v) is 9.19. The molecule has 0 bridgehead atoms. The fraction of sp³-hybridized carbons (Fsp3) is 0.571. The van der Waals surface area contributed by atoms with E-state index in [2.05, 4.69) is 26.1 Å². The van der Waals surface area contributed by atoms with Gasteiger partial charge in [-0.15, -0.1) is 0 Å². The van der Waals surface area contributed by atoms with Crippen LogP contribution < -0.4 is 5.32 Å². The minimum Gasteiger partial charge on any atom is -0.316 e. The van der Waals surface area contributed by atoms with E-state index in [9.17, 15) is 8.42 Å². The van der Waals surface area contributed by atoms with Gasteiger partial charge in [0.15, 0.2) is 0 Å². The zero-order valence-electron chi connectivity index (χ0n) is 12.6. The highest BCUT2D eigenvalue weighted by Gasteiger charge is 2.34. The number of hydrogen-bond acceptors (Lipinski definition) is 4. The predicted octanol–water partition coefficient (Wildman–Crippen LogP) is 1.49. The van der Waals surface area contributed by atoms with Crippen molar-refractivity contribution in [1.29, 1.82) is 0 Å². The van der Waals surface area contributed by atoms with Crippen LogP contribution in [0.5, 0.6) is 0 Å². The van der Waals surface area contributed by atoms with Crippen LogP contribution in [-0.2, 0) is 16.6 Å². The van der Waals surface area contributed by atoms with Crippen LogP contribution in [0.4, 0.5) is 0 Å². The summed E-state index contributed by atoms with van der Waals surface area (Å²) in [5.41, 5.74) is 0.961. The van der Waals surface area contributed by atoms with Crippen LogP contribution in [0.2, 0.25) is 0 Å². The van der Waals surface area contributed by atoms with Crippen molar-refractivity contribution in [1.82, 2.24) is 14.5 Å². The van der Waals surface area contributed by atoms with E-state index in [1.165, 1.54) is 0 Å². The van der Waals surface area contributed by atoms with Gasteiger partial charge in [0.25, 0.3) is 0 Å². The van der Waals surface area contributed by atoms with Crippen molar-refractivity contribution in [3.63, 3.8) is 0 Å². The van der Waals surface area contributed by atoms with Crippen LogP contribution in [0, 0.1) is 0 Å². The minimum absolute atomic E-state index is 0.291. The number of nitrogens with one attached hydrogen (secondary N) is 1. The summed E-state index contributed by atoms with van der Waals surface area (Å²) in [5.74, 6) is 0. The molecule has 2 rings (SSSR count). The molecular formula is C14H22BrN3O2S. The van der Waals surface area contributed by atoms with Crippen molar-refractivity contribution in [2.75, 3.05) is 34.2 Å². The lowest BCUT2D eigenvalue weighted by Crippen LogP contribution is -2.34. The molecule has 5 nitrogen and oxygen atoms in total. The van der Waals surface area contributed by atoms with Crippen LogP contribution in [0.25, 0.3) is 0 Å². The number of halogens is 1. The van der Waals surface area contributed by atoms with Crippen LogP contribution in [0.1, 0.15) is 12.0 Å². The van der Waals surface area contributed by atoms with Gasteiger partial charge in [-0.1, -0.05) is 6.07 Å². The van der Waals surface area contributed by atoms with E-state index in [0.29, 0.717) is 35.0 Å². The Morgan fingerprint density at radius 3 is 2.71 bits per heavy atom. The summed E-state index contributed by atoms with van der Waals surface area (Å²) < 4.78 is 27.9. The molecule has 1 heterocycles. The number of nitrogens with zero attached hydrogens (tertiary/aromatic N) is 2. The molecule has 118 valence electrons. The maximum atomic E-state index is 12.8. The molecule has 1 atom stereocenters. The van der Waals surface area contributed by atoms with Gasteiger partial charge in [-0.2, -0.15) is 4.31 Å². The SMILES string of the molecule is CNCc1ccc(Br)c(S(=O)(=O)N2CCC(N(C)C)C2)c1. The van der Waals surface area contributed by atoms with Crippen molar-refractivity contribution in [3.05, 3.63) is 28.2 Å². The Kier molecular flexibility index (Phi) is 5.43. The van der Waals surface area contributed by atoms with E-state index >= 15 is 0 Å². The second-order valence-corrected chi connectivity index (χ2v) is 8.32. The van der Waals surface area contributed by atoms with Gasteiger partial charge in [-0.25, -0.2) is 8.42 Å². The fourth-order valence-corrected chi connectivity index (χ4v) is 5.02. The zero-order valence-corrected chi connectivity index (χ0v) is 15.0. The summed E-state index contributed by atoms with van der Waals surface area (Å²) in [6.45, 7) is 1.78. The van der Waals surface area contributed by atoms with E-state index in [4.69, 9.17) is 0 Å². The molecule has 0 amide bonds. The molecule has 0 aromatic heterocycles. The van der Waals surface area contributed by atoms with Gasteiger partial charge < -0.3 is 10.2 Å². The topological polar surface area (TPSA) is 52.7 Å². The standard InChI is InChI=1S/C14H22BrN3O2S/c1-16-9-11-4-5-13(15)14(8-11)21(19,20)18-7-6-12(10-18)17(2)3/h4-5,8,12,16H,6-7,9-10H2,1-3H3. The Labute approximate surface area is 135 Å². The molecule has 0 saturated carbocycles. The minimum atomic E-state index is -3.44. The lowest BCUT2D eigenvalue weighted by Gasteiger charge is -2.21. The summed E-state index contributed by atoms with van der Waals surface area (Å²) in [6, 6.07) is 5.77. The third-order valence-electron chi connectivity index (χ3n) is 3.85. The van der Waals surface area contributed by atoms with Crippen LogP contribution in [-0.4, -0.2) is 57.9 Å². The van der Waals surface area contributed by atoms with Crippen molar-refractivity contribution in [2.24, 2.45) is 0 Å². The predicted molar refractivity (Wildman–Crippen MR) is 87.8 cm³/mol. The highest BCUT2D eigenvalue weighted by Crippen LogP contribution is 2.29. The van der Waals surface area contributed by atoms with Gasteiger partial charge >= 0.3 is 0 Å². The third kappa shape index (κ3) is 3.65. The molecule has 7 heteroatoms. The van der Waals surface area contributed by atoms with E-state index < -0.39 is 10.0 Å². The van der Waals surface area contributed by atoms with Crippen molar-refractivity contribution >= 4 is 26.0 Å². The van der Waals surface area contributed by atoms with Crippen LogP contribution in [0.15, 0.2) is 27.6 Å². The Morgan fingerprint density at radius 1 is 1.43 bits per heavy atom. The molecule has 1 aromatic rings. The largest absolute Gasteiger partial charge is 0.316 e. The first-order chi connectivity index (χ1) is 9.86. The summed E-state index contributed by atoms with van der Waals surface area (Å²) in [7, 11) is 2.38. The molecule has 0 radical (unpaired) electrons. The average molecular weight is 376 g/mol. The Balaban J connectivity index is 2.30. The van der Waals surface area contributed by atoms with E-state index in [-0.39, 0.29) is 0 Å². The molecule has 1 aromatic carbocycles. The van der Waals surface area contributed by atoms with Gasteiger partial charge in [0.2, 0.25) is 10.0 Å². The van der Waals surface area contributed by atoms with Gasteiger partial charge in [-0.3, -0.25) is 0 Å². The highest BCUT2D eigenvalue weighted by atomic mass is 79.9. The lowest BCUT2D eigenvalue weighted by molar-refractivity contribution is 0.302. The van der Waals surface area contributed by atoms with Gasteiger partial charge in [0.05, 0.1) is 4.90 Å². The smallest absolute Gasteiger partial charge is 0.244 e. The number of hydrogen-bond donors (Lipinski definition) is 1. The maximum absolute atomic E-state index is 12.8. The molecule has 1 aliphatic heterocycles. The number of likely N-dealkylation sites (N-methyl/N-ethyl adjacent to an activating group) is 1. The van der Waals surface area contributed by atoms with Gasteiger partial charge in [0.1, 0.15) is 0 Å². The summed E-state index contributed by atoms with van der Waals surface area (Å²) in [6.07, 6.45) is 0.875. The molecule has 21 heavy (non-hydrogen) atoms. The Morgan fingerprint density at radius 2 is 2.14 bits per heavy atom. The first-order valence-electron chi connectivity index (χ1n) is 6.96. The average Bonchev–Trinajstić information content (AvgIpc) is 2.91. The van der Waals surface area contributed by atoms with Crippen LogP contribution in [0.3, 0.4) is 0 Å². The number of sulfonamides is 1. The molecule has 1 aliphatic rings. The maximum Gasteiger partial charge on any atom is 0.244 e. The summed E-state index contributed by atoms with van der Waals surface area (Å²) in [4.78, 5) is 2.44. The van der Waals surface area contributed by atoms with E-state index in [1.54, 1.807) is 16.4 Å². The molecule has 1 unspecified atom stereocenters. The summed E-state index contributed by atoms with van der Waals surface area (Å²) >= 11 is 3.37. The Hall–Kier alpha value is -0.470. The second kappa shape index (κ2) is 6.75. The van der Waals surface area contributed by atoms with Crippen molar-refractivity contribution < 1.29 is 8.42 Å². The second-order valence-electron chi connectivity index (χ2n) is 5.56. The molecule has 0 aliphatic carbocycles. The van der Waals surface area contributed by atoms with Crippen molar-refractivity contribution in [3.8, 4) is 0 Å². The molecule has 1 fully saturated rings. The summed E-state index contributed by atoms with van der Waals surface area (Å²) in [5, 5.41) is 3.04. The van der Waals surface area contributed by atoms with Crippen molar-refractivity contribution in [2.45, 2.75) is 23.9 Å². The first kappa shape index (κ1) is 16.9. The normalized spacial score (nSPS) is 20.3. The van der Waals surface area contributed by atoms with Crippen LogP contribution >= 0.6 is 15.9 Å². The van der Waals surface area contributed by atoms with E-state index in [1.807, 2.05) is 27.2 Å². The lowest BCUT2D eigenvalue weighted by atomic mass is 10.2. The van der Waals surface area contributed by atoms with E-state index in [0.717, 1.165) is 12.0 Å². The zero-order chi connectivity index (χ0) is 15.6. The fourth-order valence-electron chi connectivity index (χ4n) is 2.55. The monoisotopic (exact) mass is 375 g/mol. The molecule has 0 spiro atoms. The molecule has 1 saturated heterocycles. The molecule has 1 N–H and O–H groups in total. The Bertz CT molecular complexity index is 604. The third-order valence-corrected chi connectivity index (χ3v) is 6.71. The number of rotatable bonds is 5. The number of benzene rings is 1. The molecular weight excluding hydrogens is 354 g/mol.